The molecule has 2 saturated heterocycles. The number of fused-ring (bicyclic) bond motifs is 7. The number of rotatable bonds is 9. The van der Waals surface area contributed by atoms with Crippen molar-refractivity contribution in [3.05, 3.63) is 102 Å². The zero-order valence-corrected chi connectivity index (χ0v) is 35.8. The number of carbonyl (C=O) groups excluding carboxylic acids is 4. The Kier molecular flexibility index (Phi) is 10.1. The number of nitrogens with one attached hydrogen (secondary N) is 4. The van der Waals surface area contributed by atoms with Gasteiger partial charge in [-0.05, 0) is 88.9 Å². The number of aromatic nitrogens is 4. The van der Waals surface area contributed by atoms with Crippen LogP contribution in [0.15, 0.2) is 79.0 Å². The van der Waals surface area contributed by atoms with E-state index in [1.807, 2.05) is 55.1 Å². The van der Waals surface area contributed by atoms with Crippen molar-refractivity contribution in [3.8, 4) is 28.1 Å². The molecule has 4 amide bonds. The lowest BCUT2D eigenvalue weighted by molar-refractivity contribution is -0.137. The molecule has 7 atom stereocenters. The average molecular weight is 851 g/mol. The minimum Gasteiger partial charge on any atom is -0.488 e. The van der Waals surface area contributed by atoms with Gasteiger partial charge in [0.05, 0.1) is 49.2 Å². The number of ether oxygens (including phenoxy) is 3. The molecule has 4 aliphatic rings. The van der Waals surface area contributed by atoms with E-state index in [0.717, 1.165) is 80.6 Å². The molecule has 4 aromatic carbocycles. The molecular weight excluding hydrogens is 801 g/mol. The number of benzene rings is 4. The molecule has 0 radical (unpaired) electrons. The first-order chi connectivity index (χ1) is 30.5. The van der Waals surface area contributed by atoms with Crippen LogP contribution in [-0.2, 0) is 25.7 Å². The number of hydrogen-bond acceptors (Lipinski definition) is 9. The predicted octanol–water partition coefficient (Wildman–Crippen LogP) is 7.71. The van der Waals surface area contributed by atoms with Crippen LogP contribution in [0.25, 0.3) is 44.2 Å². The maximum Gasteiger partial charge on any atom is 0.407 e. The molecule has 0 bridgehead atoms. The fourth-order valence-electron chi connectivity index (χ4n) is 10.2. The summed E-state index contributed by atoms with van der Waals surface area (Å²) in [5.74, 6) is 2.51. The number of carbonyl (C=O) groups is 4. The number of methoxy groups -OCH3 is 2. The van der Waals surface area contributed by atoms with Gasteiger partial charge in [0.25, 0.3) is 5.91 Å². The molecule has 15 heteroatoms. The number of amides is 4. The second kappa shape index (κ2) is 15.8. The molecule has 0 spiro atoms. The van der Waals surface area contributed by atoms with E-state index in [4.69, 9.17) is 24.2 Å². The molecule has 6 aromatic rings. The van der Waals surface area contributed by atoms with Gasteiger partial charge in [0, 0.05) is 23.5 Å². The Hall–Kier alpha value is -6.90. The highest BCUT2D eigenvalue weighted by atomic mass is 16.5. The minimum atomic E-state index is -0.895. The summed E-state index contributed by atoms with van der Waals surface area (Å²) < 4.78 is 16.2. The minimum absolute atomic E-state index is 0.106. The third-order valence-corrected chi connectivity index (χ3v) is 13.6. The Labute approximate surface area is 363 Å². The second-order valence-electron chi connectivity index (χ2n) is 17.5. The number of imidazole rings is 2. The lowest BCUT2D eigenvalue weighted by atomic mass is 9.92. The summed E-state index contributed by atoms with van der Waals surface area (Å²) >= 11 is 0. The van der Waals surface area contributed by atoms with Gasteiger partial charge in [0.15, 0.2) is 0 Å². The van der Waals surface area contributed by atoms with Crippen molar-refractivity contribution in [2.75, 3.05) is 20.8 Å². The average Bonchev–Trinajstić information content (AvgIpc) is 3.96. The largest absolute Gasteiger partial charge is 0.488 e. The Balaban J connectivity index is 0.900. The van der Waals surface area contributed by atoms with Gasteiger partial charge in [0.2, 0.25) is 5.91 Å². The standard InChI is InChI=1S/C48H50N8O7/c1-24(2)39(53-47(59)61-4)46(58)56-37(20-31-25(3)42(31)56)44-50-34-16-14-27-19-33-30-15-13-28(18-29(30)23-63-38(33)21-32(27)41(34)52-44)35-22-49-43(51-35)36-12-9-17-55(36)45(57)40(54-48(60)62-5)26-10-7-6-8-11-26/h6-8,10-11,13-16,18-19,21-22,24-25,31,36-37,39-40,42H,9,12,17,20,23H2,1-5H3,(H,49,51)(H,50,52)(H,53,59)(H,54,60)/t25-,31+,36+,37+,39+,40-,42-/m1/s1. The molecule has 63 heavy (non-hydrogen) atoms. The van der Waals surface area contributed by atoms with Gasteiger partial charge in [-0.1, -0.05) is 69.3 Å². The summed E-state index contributed by atoms with van der Waals surface area (Å²) in [4.78, 5) is 73.4. The summed E-state index contributed by atoms with van der Waals surface area (Å²) in [6, 6.07) is 21.8. The van der Waals surface area contributed by atoms with Gasteiger partial charge in [-0.2, -0.15) is 0 Å². The van der Waals surface area contributed by atoms with Gasteiger partial charge in [-0.15, -0.1) is 0 Å². The quantitative estimate of drug-likeness (QED) is 0.113. The van der Waals surface area contributed by atoms with Crippen molar-refractivity contribution >= 4 is 45.8 Å². The number of H-pyrrole nitrogens is 2. The highest BCUT2D eigenvalue weighted by Gasteiger charge is 2.61. The zero-order valence-electron chi connectivity index (χ0n) is 35.8. The van der Waals surface area contributed by atoms with Gasteiger partial charge in [-0.25, -0.2) is 19.6 Å². The summed E-state index contributed by atoms with van der Waals surface area (Å²) in [5, 5.41) is 7.47. The number of nitrogens with zero attached hydrogens (tertiary/aromatic N) is 4. The van der Waals surface area contributed by atoms with Crippen molar-refractivity contribution < 1.29 is 33.4 Å². The van der Waals surface area contributed by atoms with Crippen LogP contribution in [-0.4, -0.2) is 86.6 Å². The molecule has 5 heterocycles. The third-order valence-electron chi connectivity index (χ3n) is 13.6. The molecule has 3 fully saturated rings. The first-order valence-corrected chi connectivity index (χ1v) is 21.7. The Morgan fingerprint density at radius 3 is 2.44 bits per heavy atom. The molecule has 4 N–H and O–H groups in total. The van der Waals surface area contributed by atoms with E-state index in [1.54, 1.807) is 11.1 Å². The highest BCUT2D eigenvalue weighted by Crippen LogP contribution is 2.58. The van der Waals surface area contributed by atoms with Crippen molar-refractivity contribution in [1.29, 1.82) is 0 Å². The summed E-state index contributed by atoms with van der Waals surface area (Å²) in [6.07, 6.45) is 2.86. The topological polar surface area (TPSA) is 184 Å². The number of piperidine rings is 1. The number of alkyl carbamates (subject to hydrolysis) is 2. The molecule has 3 aliphatic heterocycles. The van der Waals surface area contributed by atoms with Crippen molar-refractivity contribution in [1.82, 2.24) is 40.4 Å². The van der Waals surface area contributed by atoms with Gasteiger partial charge in [0.1, 0.15) is 36.1 Å². The molecular formula is C48H50N8O7. The highest BCUT2D eigenvalue weighted by molar-refractivity contribution is 6.07. The van der Waals surface area contributed by atoms with E-state index in [0.29, 0.717) is 36.4 Å². The second-order valence-corrected chi connectivity index (χ2v) is 17.5. The lowest BCUT2D eigenvalue weighted by Gasteiger charge is -2.32. The molecule has 0 unspecified atom stereocenters. The van der Waals surface area contributed by atoms with Crippen LogP contribution in [0, 0.1) is 17.8 Å². The van der Waals surface area contributed by atoms with Gasteiger partial charge in [-0.3, -0.25) is 9.59 Å². The predicted molar refractivity (Wildman–Crippen MR) is 234 cm³/mol. The van der Waals surface area contributed by atoms with Crippen LogP contribution >= 0.6 is 0 Å². The Morgan fingerprint density at radius 2 is 1.67 bits per heavy atom. The van der Waals surface area contributed by atoms with Crippen LogP contribution in [0.5, 0.6) is 5.75 Å². The monoisotopic (exact) mass is 850 g/mol. The Bertz CT molecular complexity index is 2780. The van der Waals surface area contributed by atoms with Crippen LogP contribution < -0.4 is 15.4 Å². The van der Waals surface area contributed by atoms with Crippen molar-refractivity contribution in [2.24, 2.45) is 17.8 Å². The van der Waals surface area contributed by atoms with Gasteiger partial charge >= 0.3 is 12.2 Å². The van der Waals surface area contributed by atoms with E-state index < -0.39 is 24.3 Å². The molecule has 1 aliphatic carbocycles. The number of aromatic amines is 2. The first kappa shape index (κ1) is 40.2. The van der Waals surface area contributed by atoms with E-state index in [2.05, 4.69) is 63.9 Å². The van der Waals surface area contributed by atoms with Crippen LogP contribution in [0.3, 0.4) is 0 Å². The van der Waals surface area contributed by atoms with E-state index in [1.165, 1.54) is 14.2 Å². The summed E-state index contributed by atoms with van der Waals surface area (Å²) in [6.45, 7) is 6.94. The van der Waals surface area contributed by atoms with Crippen LogP contribution in [0.2, 0.25) is 0 Å². The van der Waals surface area contributed by atoms with Crippen molar-refractivity contribution in [3.63, 3.8) is 0 Å². The molecule has 2 aromatic heterocycles. The van der Waals surface area contributed by atoms with Crippen molar-refractivity contribution in [2.45, 2.75) is 76.8 Å². The Morgan fingerprint density at radius 1 is 0.873 bits per heavy atom. The summed E-state index contributed by atoms with van der Waals surface area (Å²) in [7, 11) is 2.58. The fraction of sp³-hybridized carbons (Fsp3) is 0.375. The fourth-order valence-corrected chi connectivity index (χ4v) is 10.2. The molecule has 15 nitrogen and oxygen atoms in total. The first-order valence-electron chi connectivity index (χ1n) is 21.7. The molecule has 1 saturated carbocycles. The SMILES string of the molecule is COC(=O)N[C@H](C(=O)N1[C@@H]2[C@H](C)[C@@H]2C[C@H]1c1nc2c(ccc3cc4c(cc32)OCc2cc(-c3cnc([C@@H]5CCCN5C(=O)[C@H](NC(=O)OC)c5ccccc5)[nH]3)ccc2-4)[nH]1)C(C)C. The molecule has 10 rings (SSSR count). The maximum atomic E-state index is 14.1. The third kappa shape index (κ3) is 6.99. The van der Waals surface area contributed by atoms with Crippen LogP contribution in [0.1, 0.15) is 80.9 Å². The molecule has 324 valence electrons. The van der Waals surface area contributed by atoms with Crippen LogP contribution in [0.4, 0.5) is 9.59 Å². The zero-order chi connectivity index (χ0) is 43.7. The normalized spacial score (nSPS) is 21.9. The smallest absolute Gasteiger partial charge is 0.407 e. The number of hydrogen-bond donors (Lipinski definition) is 4. The lowest BCUT2D eigenvalue weighted by Crippen LogP contribution is -2.52. The van der Waals surface area contributed by atoms with E-state index >= 15 is 0 Å². The maximum absolute atomic E-state index is 14.1. The van der Waals surface area contributed by atoms with E-state index in [9.17, 15) is 19.2 Å². The van der Waals surface area contributed by atoms with Gasteiger partial charge < -0.3 is 44.6 Å². The van der Waals surface area contributed by atoms with E-state index in [-0.39, 0.29) is 35.9 Å². The summed E-state index contributed by atoms with van der Waals surface area (Å²) in [5.41, 5.74) is 7.25. The number of likely N-dealkylation sites (tertiary alicyclic amines) is 2.